The third-order valence-electron chi connectivity index (χ3n) is 3.97. The molecule has 0 spiro atoms. The molecule has 1 amide bonds. The molecule has 6 heteroatoms. The molecule has 2 aromatic rings. The van der Waals surface area contributed by atoms with Gasteiger partial charge in [0.15, 0.2) is 0 Å². The quantitative estimate of drug-likeness (QED) is 0.866. The predicted molar refractivity (Wildman–Crippen MR) is 86.0 cm³/mol. The average molecular weight is 319 g/mol. The van der Waals surface area contributed by atoms with Crippen LogP contribution in [-0.2, 0) is 6.54 Å². The predicted octanol–water partition coefficient (Wildman–Crippen LogP) is 1.99. The SMILES string of the molecule is O=C(c1ccccc1Cl)N1CCN(CCn2cccn2)CC1. The Bertz CT molecular complexity index is 621. The Labute approximate surface area is 135 Å². The van der Waals surface area contributed by atoms with Crippen LogP contribution in [0.5, 0.6) is 0 Å². The maximum atomic E-state index is 12.5. The van der Waals surface area contributed by atoms with Crippen LogP contribution in [0.3, 0.4) is 0 Å². The lowest BCUT2D eigenvalue weighted by Crippen LogP contribution is -2.49. The highest BCUT2D eigenvalue weighted by Crippen LogP contribution is 2.18. The van der Waals surface area contributed by atoms with Crippen LogP contribution in [0.1, 0.15) is 10.4 Å². The Kier molecular flexibility index (Phi) is 4.75. The van der Waals surface area contributed by atoms with Crippen molar-refractivity contribution < 1.29 is 4.79 Å². The molecule has 1 aromatic heterocycles. The summed E-state index contributed by atoms with van der Waals surface area (Å²) in [5, 5.41) is 4.73. The van der Waals surface area contributed by atoms with Crippen molar-refractivity contribution in [1.82, 2.24) is 19.6 Å². The fraction of sp³-hybridized carbons (Fsp3) is 0.375. The minimum absolute atomic E-state index is 0.0253. The number of nitrogens with zero attached hydrogens (tertiary/aromatic N) is 4. The van der Waals surface area contributed by atoms with Gasteiger partial charge in [-0.05, 0) is 18.2 Å². The molecule has 0 N–H and O–H groups in total. The molecule has 22 heavy (non-hydrogen) atoms. The van der Waals surface area contributed by atoms with Crippen molar-refractivity contribution in [3.63, 3.8) is 0 Å². The largest absolute Gasteiger partial charge is 0.336 e. The Hall–Kier alpha value is -1.85. The molecule has 0 atom stereocenters. The first-order valence-electron chi connectivity index (χ1n) is 7.47. The summed E-state index contributed by atoms with van der Waals surface area (Å²) in [7, 11) is 0. The normalized spacial score (nSPS) is 16.0. The van der Waals surface area contributed by atoms with Crippen LogP contribution in [-0.4, -0.2) is 58.2 Å². The van der Waals surface area contributed by atoms with Gasteiger partial charge in [-0.3, -0.25) is 14.4 Å². The van der Waals surface area contributed by atoms with Crippen LogP contribution in [0.25, 0.3) is 0 Å². The summed E-state index contributed by atoms with van der Waals surface area (Å²) in [4.78, 5) is 16.7. The standard InChI is InChI=1S/C16H19ClN4O/c17-15-5-2-1-4-14(15)16(22)20-11-8-19(9-12-20)10-13-21-7-3-6-18-21/h1-7H,8-13H2. The molecule has 1 aromatic carbocycles. The summed E-state index contributed by atoms with van der Waals surface area (Å²) in [5.74, 6) is 0.0253. The fourth-order valence-electron chi connectivity index (χ4n) is 2.66. The molecular weight excluding hydrogens is 300 g/mol. The Morgan fingerprint density at radius 1 is 1.09 bits per heavy atom. The molecule has 1 aliphatic rings. The van der Waals surface area contributed by atoms with E-state index in [0.717, 1.165) is 39.3 Å². The number of hydrogen-bond acceptors (Lipinski definition) is 3. The first-order chi connectivity index (χ1) is 10.7. The molecule has 0 unspecified atom stereocenters. The molecule has 116 valence electrons. The van der Waals surface area contributed by atoms with Gasteiger partial charge in [-0.2, -0.15) is 5.10 Å². The zero-order chi connectivity index (χ0) is 15.4. The fourth-order valence-corrected chi connectivity index (χ4v) is 2.87. The lowest BCUT2D eigenvalue weighted by Gasteiger charge is -2.34. The van der Waals surface area contributed by atoms with Crippen LogP contribution in [0.2, 0.25) is 5.02 Å². The average Bonchev–Trinajstić information content (AvgIpc) is 3.07. The van der Waals surface area contributed by atoms with Gasteiger partial charge in [0.2, 0.25) is 0 Å². The van der Waals surface area contributed by atoms with Gasteiger partial charge in [-0.25, -0.2) is 0 Å². The molecule has 1 aliphatic heterocycles. The first kappa shape index (κ1) is 15.1. The van der Waals surface area contributed by atoms with Crippen LogP contribution < -0.4 is 0 Å². The van der Waals surface area contributed by atoms with Crippen LogP contribution in [0, 0.1) is 0 Å². The van der Waals surface area contributed by atoms with Gasteiger partial charge in [0, 0.05) is 45.1 Å². The topological polar surface area (TPSA) is 41.4 Å². The number of aromatic nitrogens is 2. The second-order valence-electron chi connectivity index (χ2n) is 5.38. The van der Waals surface area contributed by atoms with Gasteiger partial charge in [-0.15, -0.1) is 0 Å². The molecular formula is C16H19ClN4O. The molecule has 1 saturated heterocycles. The van der Waals surface area contributed by atoms with Crippen molar-refractivity contribution in [2.75, 3.05) is 32.7 Å². The highest BCUT2D eigenvalue weighted by atomic mass is 35.5. The lowest BCUT2D eigenvalue weighted by atomic mass is 10.2. The number of hydrogen-bond donors (Lipinski definition) is 0. The molecule has 5 nitrogen and oxygen atoms in total. The van der Waals surface area contributed by atoms with Crippen molar-refractivity contribution >= 4 is 17.5 Å². The third kappa shape index (κ3) is 3.48. The summed E-state index contributed by atoms with van der Waals surface area (Å²) < 4.78 is 1.93. The number of halogens is 1. The number of carbonyl (C=O) groups excluding carboxylic acids is 1. The molecule has 0 radical (unpaired) electrons. The molecule has 3 rings (SSSR count). The maximum absolute atomic E-state index is 12.5. The van der Waals surface area contributed by atoms with Crippen molar-refractivity contribution in [2.45, 2.75) is 6.54 Å². The van der Waals surface area contributed by atoms with E-state index in [1.165, 1.54) is 0 Å². The maximum Gasteiger partial charge on any atom is 0.255 e. The van der Waals surface area contributed by atoms with Crippen molar-refractivity contribution in [3.8, 4) is 0 Å². The summed E-state index contributed by atoms with van der Waals surface area (Å²) in [5.41, 5.74) is 0.592. The zero-order valence-corrected chi connectivity index (χ0v) is 13.1. The minimum Gasteiger partial charge on any atom is -0.336 e. The van der Waals surface area contributed by atoms with E-state index < -0.39 is 0 Å². The number of rotatable bonds is 4. The van der Waals surface area contributed by atoms with Gasteiger partial charge in [0.1, 0.15) is 0 Å². The Morgan fingerprint density at radius 2 is 1.86 bits per heavy atom. The highest BCUT2D eigenvalue weighted by Gasteiger charge is 2.23. The van der Waals surface area contributed by atoms with Gasteiger partial charge >= 0.3 is 0 Å². The second-order valence-corrected chi connectivity index (χ2v) is 5.79. The summed E-state index contributed by atoms with van der Waals surface area (Å²) in [6.45, 7) is 5.09. The van der Waals surface area contributed by atoms with Crippen molar-refractivity contribution in [3.05, 3.63) is 53.3 Å². The molecule has 0 aliphatic carbocycles. The van der Waals surface area contributed by atoms with Gasteiger partial charge < -0.3 is 4.90 Å². The smallest absolute Gasteiger partial charge is 0.255 e. The van der Waals surface area contributed by atoms with Crippen LogP contribution in [0.15, 0.2) is 42.7 Å². The Balaban J connectivity index is 1.51. The van der Waals surface area contributed by atoms with E-state index in [9.17, 15) is 4.79 Å². The number of benzene rings is 1. The van der Waals surface area contributed by atoms with Gasteiger partial charge in [-0.1, -0.05) is 23.7 Å². The summed E-state index contributed by atoms with van der Waals surface area (Å²) in [6, 6.07) is 9.16. The number of piperazine rings is 1. The van der Waals surface area contributed by atoms with E-state index >= 15 is 0 Å². The zero-order valence-electron chi connectivity index (χ0n) is 12.4. The van der Waals surface area contributed by atoms with E-state index in [0.29, 0.717) is 10.6 Å². The highest BCUT2D eigenvalue weighted by molar-refractivity contribution is 6.33. The van der Waals surface area contributed by atoms with E-state index in [1.54, 1.807) is 18.3 Å². The van der Waals surface area contributed by atoms with E-state index in [2.05, 4.69) is 10.00 Å². The van der Waals surface area contributed by atoms with E-state index in [1.807, 2.05) is 34.0 Å². The third-order valence-corrected chi connectivity index (χ3v) is 4.30. The van der Waals surface area contributed by atoms with Crippen LogP contribution >= 0.6 is 11.6 Å². The first-order valence-corrected chi connectivity index (χ1v) is 7.85. The van der Waals surface area contributed by atoms with Crippen LogP contribution in [0.4, 0.5) is 0 Å². The molecule has 2 heterocycles. The van der Waals surface area contributed by atoms with E-state index in [4.69, 9.17) is 11.6 Å². The number of carbonyl (C=O) groups is 1. The lowest BCUT2D eigenvalue weighted by molar-refractivity contribution is 0.0632. The van der Waals surface area contributed by atoms with Crippen molar-refractivity contribution in [1.29, 1.82) is 0 Å². The van der Waals surface area contributed by atoms with Crippen molar-refractivity contribution in [2.24, 2.45) is 0 Å². The minimum atomic E-state index is 0.0253. The second kappa shape index (κ2) is 6.94. The Morgan fingerprint density at radius 3 is 2.55 bits per heavy atom. The summed E-state index contributed by atoms with van der Waals surface area (Å²) in [6.07, 6.45) is 3.76. The molecule has 0 saturated carbocycles. The molecule has 1 fully saturated rings. The number of amides is 1. The molecule has 0 bridgehead atoms. The monoisotopic (exact) mass is 318 g/mol. The van der Waals surface area contributed by atoms with Gasteiger partial charge in [0.25, 0.3) is 5.91 Å². The summed E-state index contributed by atoms with van der Waals surface area (Å²) >= 11 is 6.11. The van der Waals surface area contributed by atoms with Gasteiger partial charge in [0.05, 0.1) is 17.1 Å². The van der Waals surface area contributed by atoms with E-state index in [-0.39, 0.29) is 5.91 Å².